The number of imidazole rings is 1. The molecule has 78 valence electrons. The Labute approximate surface area is 82.6 Å². The summed E-state index contributed by atoms with van der Waals surface area (Å²) < 4.78 is 0. The number of hydrogen-bond donors (Lipinski definition) is 3. The molecule has 0 radical (unpaired) electrons. The Morgan fingerprint density at radius 1 is 1.64 bits per heavy atom. The maximum Gasteiger partial charge on any atom is 0.220 e. The quantitative estimate of drug-likeness (QED) is 0.593. The Morgan fingerprint density at radius 2 is 2.50 bits per heavy atom. The Kier molecular flexibility index (Phi) is 4.71. The molecular weight excluding hydrogens is 182 g/mol. The number of rotatable bonds is 6. The first-order chi connectivity index (χ1) is 6.83. The second kappa shape index (κ2) is 6.15. The number of aliphatic hydroxyl groups is 1. The first-order valence-corrected chi connectivity index (χ1v) is 4.67. The van der Waals surface area contributed by atoms with Crippen LogP contribution in [0.5, 0.6) is 0 Å². The van der Waals surface area contributed by atoms with Gasteiger partial charge in [0.1, 0.15) is 0 Å². The molecule has 1 amide bonds. The van der Waals surface area contributed by atoms with Gasteiger partial charge < -0.3 is 15.4 Å². The van der Waals surface area contributed by atoms with E-state index in [1.165, 1.54) is 0 Å². The number of carbonyl (C=O) groups is 1. The van der Waals surface area contributed by atoms with Crippen LogP contribution >= 0.6 is 0 Å². The summed E-state index contributed by atoms with van der Waals surface area (Å²) in [5.41, 5.74) is 1.01. The van der Waals surface area contributed by atoms with E-state index in [0.717, 1.165) is 12.1 Å². The molecule has 0 aromatic carbocycles. The normalized spacial score (nSPS) is 10.1. The van der Waals surface area contributed by atoms with Gasteiger partial charge in [0.2, 0.25) is 5.91 Å². The third kappa shape index (κ3) is 4.04. The molecule has 0 aliphatic rings. The zero-order valence-electron chi connectivity index (χ0n) is 7.99. The van der Waals surface area contributed by atoms with Crippen molar-refractivity contribution in [2.24, 2.45) is 0 Å². The van der Waals surface area contributed by atoms with Gasteiger partial charge in [-0.15, -0.1) is 0 Å². The number of aromatic nitrogens is 2. The van der Waals surface area contributed by atoms with Gasteiger partial charge in [-0.3, -0.25) is 4.79 Å². The molecule has 5 nitrogen and oxygen atoms in total. The third-order valence-electron chi connectivity index (χ3n) is 1.83. The molecular formula is C9H15N3O2. The predicted octanol–water partition coefficient (Wildman–Crippen LogP) is -0.159. The molecule has 14 heavy (non-hydrogen) atoms. The molecule has 0 aliphatic heterocycles. The van der Waals surface area contributed by atoms with Crippen LogP contribution < -0.4 is 5.32 Å². The van der Waals surface area contributed by atoms with Gasteiger partial charge in [-0.05, 0) is 6.42 Å². The SMILES string of the molecule is O=C(CCCO)NCCc1cnc[nH]1. The highest BCUT2D eigenvalue weighted by Gasteiger charge is 2.00. The molecule has 1 aromatic heterocycles. The lowest BCUT2D eigenvalue weighted by atomic mass is 10.3. The summed E-state index contributed by atoms with van der Waals surface area (Å²) in [6, 6.07) is 0. The number of hydrogen-bond acceptors (Lipinski definition) is 3. The highest BCUT2D eigenvalue weighted by atomic mass is 16.3. The van der Waals surface area contributed by atoms with Gasteiger partial charge in [0.25, 0.3) is 0 Å². The monoisotopic (exact) mass is 197 g/mol. The van der Waals surface area contributed by atoms with Crippen LogP contribution in [0, 0.1) is 0 Å². The Hall–Kier alpha value is -1.36. The summed E-state index contributed by atoms with van der Waals surface area (Å²) in [6.07, 6.45) is 5.02. The van der Waals surface area contributed by atoms with Crippen molar-refractivity contribution in [3.8, 4) is 0 Å². The summed E-state index contributed by atoms with van der Waals surface area (Å²) in [4.78, 5) is 17.9. The average Bonchev–Trinajstić information content (AvgIpc) is 2.67. The maximum atomic E-state index is 11.1. The van der Waals surface area contributed by atoms with Crippen molar-refractivity contribution >= 4 is 5.91 Å². The Balaban J connectivity index is 2.06. The molecule has 0 bridgehead atoms. The molecule has 5 heteroatoms. The van der Waals surface area contributed by atoms with Crippen molar-refractivity contribution in [3.05, 3.63) is 18.2 Å². The van der Waals surface area contributed by atoms with E-state index < -0.39 is 0 Å². The molecule has 0 unspecified atom stereocenters. The second-order valence-electron chi connectivity index (χ2n) is 3.00. The van der Waals surface area contributed by atoms with E-state index in [1.54, 1.807) is 12.5 Å². The van der Waals surface area contributed by atoms with Crippen LogP contribution in [0.2, 0.25) is 0 Å². The van der Waals surface area contributed by atoms with E-state index in [0.29, 0.717) is 19.4 Å². The molecule has 1 rings (SSSR count). The smallest absolute Gasteiger partial charge is 0.220 e. The molecule has 0 spiro atoms. The first-order valence-electron chi connectivity index (χ1n) is 4.67. The van der Waals surface area contributed by atoms with Crippen molar-refractivity contribution in [1.29, 1.82) is 0 Å². The largest absolute Gasteiger partial charge is 0.396 e. The van der Waals surface area contributed by atoms with Crippen LogP contribution in [0.4, 0.5) is 0 Å². The Morgan fingerprint density at radius 3 is 3.14 bits per heavy atom. The summed E-state index contributed by atoms with van der Waals surface area (Å²) >= 11 is 0. The van der Waals surface area contributed by atoms with Gasteiger partial charge in [0.05, 0.1) is 6.33 Å². The standard InChI is InChI=1S/C9H15N3O2/c13-5-1-2-9(14)11-4-3-8-6-10-7-12-8/h6-7,13H,1-5H2,(H,10,12)(H,11,14). The minimum Gasteiger partial charge on any atom is -0.396 e. The molecule has 0 aliphatic carbocycles. The van der Waals surface area contributed by atoms with Crippen molar-refractivity contribution in [2.45, 2.75) is 19.3 Å². The summed E-state index contributed by atoms with van der Waals surface area (Å²) in [6.45, 7) is 0.667. The zero-order valence-corrected chi connectivity index (χ0v) is 7.99. The molecule has 1 heterocycles. The highest BCUT2D eigenvalue weighted by Crippen LogP contribution is 1.91. The number of aliphatic hydroxyl groups excluding tert-OH is 1. The molecule has 3 N–H and O–H groups in total. The van der Waals surface area contributed by atoms with E-state index in [2.05, 4.69) is 15.3 Å². The van der Waals surface area contributed by atoms with Gasteiger partial charge in [-0.25, -0.2) is 4.98 Å². The van der Waals surface area contributed by atoms with E-state index in [-0.39, 0.29) is 12.5 Å². The number of aromatic amines is 1. The number of nitrogens with one attached hydrogen (secondary N) is 2. The fourth-order valence-electron chi connectivity index (χ4n) is 1.09. The highest BCUT2D eigenvalue weighted by molar-refractivity contribution is 5.75. The number of amides is 1. The Bertz CT molecular complexity index is 259. The zero-order chi connectivity index (χ0) is 10.2. The van der Waals surface area contributed by atoms with Crippen LogP contribution in [-0.2, 0) is 11.2 Å². The molecule has 0 atom stereocenters. The lowest BCUT2D eigenvalue weighted by Gasteiger charge is -2.02. The number of H-pyrrole nitrogens is 1. The van der Waals surface area contributed by atoms with Crippen LogP contribution in [0.25, 0.3) is 0 Å². The van der Waals surface area contributed by atoms with Crippen LogP contribution in [0.1, 0.15) is 18.5 Å². The second-order valence-corrected chi connectivity index (χ2v) is 3.00. The summed E-state index contributed by atoms with van der Waals surface area (Å²) in [5, 5.41) is 11.3. The van der Waals surface area contributed by atoms with Crippen LogP contribution in [-0.4, -0.2) is 34.1 Å². The van der Waals surface area contributed by atoms with E-state index in [9.17, 15) is 4.79 Å². The minimum atomic E-state index is -0.0152. The van der Waals surface area contributed by atoms with Crippen molar-refractivity contribution in [1.82, 2.24) is 15.3 Å². The lowest BCUT2D eigenvalue weighted by molar-refractivity contribution is -0.121. The van der Waals surface area contributed by atoms with Crippen molar-refractivity contribution in [2.75, 3.05) is 13.2 Å². The van der Waals surface area contributed by atoms with Crippen LogP contribution in [0.15, 0.2) is 12.5 Å². The third-order valence-corrected chi connectivity index (χ3v) is 1.83. The van der Waals surface area contributed by atoms with E-state index in [1.807, 2.05) is 0 Å². The minimum absolute atomic E-state index is 0.0152. The topological polar surface area (TPSA) is 78.0 Å². The molecule has 0 fully saturated rings. The predicted molar refractivity (Wildman–Crippen MR) is 51.6 cm³/mol. The maximum absolute atomic E-state index is 11.1. The van der Waals surface area contributed by atoms with Crippen molar-refractivity contribution in [3.63, 3.8) is 0 Å². The first kappa shape index (κ1) is 10.7. The number of nitrogens with zero attached hydrogens (tertiary/aromatic N) is 1. The summed E-state index contributed by atoms with van der Waals surface area (Å²) in [7, 11) is 0. The van der Waals surface area contributed by atoms with E-state index >= 15 is 0 Å². The average molecular weight is 197 g/mol. The molecule has 0 saturated heterocycles. The van der Waals surface area contributed by atoms with Crippen molar-refractivity contribution < 1.29 is 9.90 Å². The van der Waals surface area contributed by atoms with Gasteiger partial charge in [0.15, 0.2) is 0 Å². The van der Waals surface area contributed by atoms with Gasteiger partial charge in [-0.2, -0.15) is 0 Å². The van der Waals surface area contributed by atoms with Gasteiger partial charge in [0, 0.05) is 37.9 Å². The van der Waals surface area contributed by atoms with Crippen LogP contribution in [0.3, 0.4) is 0 Å². The number of carbonyl (C=O) groups excluding carboxylic acids is 1. The molecule has 1 aromatic rings. The molecule has 0 saturated carbocycles. The van der Waals surface area contributed by atoms with E-state index in [4.69, 9.17) is 5.11 Å². The van der Waals surface area contributed by atoms with Gasteiger partial charge in [-0.1, -0.05) is 0 Å². The lowest BCUT2D eigenvalue weighted by Crippen LogP contribution is -2.25. The van der Waals surface area contributed by atoms with Gasteiger partial charge >= 0.3 is 0 Å². The summed E-state index contributed by atoms with van der Waals surface area (Å²) in [5.74, 6) is -0.0152. The fraction of sp³-hybridized carbons (Fsp3) is 0.556. The fourth-order valence-corrected chi connectivity index (χ4v) is 1.09.